The molecule has 0 fully saturated rings. The Bertz CT molecular complexity index is 616. The molecule has 0 unspecified atom stereocenters. The summed E-state index contributed by atoms with van der Waals surface area (Å²) in [6, 6.07) is 9.41. The van der Waals surface area contributed by atoms with Crippen LogP contribution < -0.4 is 10.1 Å². The summed E-state index contributed by atoms with van der Waals surface area (Å²) in [6.45, 7) is 4.73. The van der Waals surface area contributed by atoms with Crippen molar-refractivity contribution in [2.45, 2.75) is 26.0 Å². The Kier molecular flexibility index (Phi) is 5.71. The zero-order valence-corrected chi connectivity index (χ0v) is 13.6. The molecule has 1 atom stereocenters. The molecule has 2 N–H and O–H groups in total. The van der Waals surface area contributed by atoms with E-state index in [-0.39, 0.29) is 6.61 Å². The molecule has 2 aromatic rings. The van der Waals surface area contributed by atoms with E-state index in [1.807, 2.05) is 32.0 Å². The van der Waals surface area contributed by atoms with E-state index in [0.717, 1.165) is 10.8 Å². The molecule has 0 amide bonds. The highest BCUT2D eigenvalue weighted by molar-refractivity contribution is 6.40. The largest absolute Gasteiger partial charge is 0.490 e. The van der Waals surface area contributed by atoms with Crippen LogP contribution in [0.5, 0.6) is 5.75 Å². The smallest absolute Gasteiger partial charge is 0.128 e. The van der Waals surface area contributed by atoms with Crippen LogP contribution in [0.15, 0.2) is 30.3 Å². The minimum absolute atomic E-state index is 0.196. The third-order valence-electron chi connectivity index (χ3n) is 3.09. The Morgan fingerprint density at radius 3 is 2.57 bits per heavy atom. The molecular weight excluding hydrogens is 309 g/mol. The van der Waals surface area contributed by atoms with Crippen molar-refractivity contribution < 1.29 is 9.84 Å². The molecule has 0 saturated carbocycles. The van der Waals surface area contributed by atoms with E-state index in [0.29, 0.717) is 28.4 Å². The van der Waals surface area contributed by atoms with Crippen molar-refractivity contribution >= 4 is 34.0 Å². The van der Waals surface area contributed by atoms with Crippen LogP contribution in [-0.2, 0) is 0 Å². The second kappa shape index (κ2) is 7.32. The van der Waals surface area contributed by atoms with E-state index in [2.05, 4.69) is 5.32 Å². The summed E-state index contributed by atoms with van der Waals surface area (Å²) in [5.74, 6) is 0.628. The first kappa shape index (κ1) is 16.4. The molecule has 3 nitrogen and oxygen atoms in total. The highest BCUT2D eigenvalue weighted by atomic mass is 35.5. The van der Waals surface area contributed by atoms with E-state index in [1.165, 1.54) is 0 Å². The number of aliphatic hydroxyl groups excluding tert-OH is 1. The Labute approximate surface area is 134 Å². The van der Waals surface area contributed by atoms with Crippen molar-refractivity contribution in [2.75, 3.05) is 13.2 Å². The van der Waals surface area contributed by atoms with Crippen LogP contribution in [0, 0.1) is 0 Å². The van der Waals surface area contributed by atoms with E-state index in [9.17, 15) is 5.11 Å². The van der Waals surface area contributed by atoms with Crippen LogP contribution >= 0.6 is 23.2 Å². The second-order valence-corrected chi connectivity index (χ2v) is 6.05. The lowest BCUT2D eigenvalue weighted by Gasteiger charge is -2.16. The fraction of sp³-hybridized carbons (Fsp3) is 0.375. The number of hydrogen-bond donors (Lipinski definition) is 2. The molecule has 0 heterocycles. The number of nitrogens with one attached hydrogen (secondary N) is 1. The van der Waals surface area contributed by atoms with Crippen molar-refractivity contribution in [2.24, 2.45) is 0 Å². The maximum Gasteiger partial charge on any atom is 0.128 e. The van der Waals surface area contributed by atoms with Gasteiger partial charge in [-0.25, -0.2) is 0 Å². The number of fused-ring (bicyclic) bond motifs is 1. The highest BCUT2D eigenvalue weighted by Gasteiger charge is 2.11. The lowest BCUT2D eigenvalue weighted by molar-refractivity contribution is 0.105. The van der Waals surface area contributed by atoms with Gasteiger partial charge in [-0.2, -0.15) is 0 Å². The number of hydrogen-bond acceptors (Lipinski definition) is 3. The summed E-state index contributed by atoms with van der Waals surface area (Å²) in [7, 11) is 0. The molecule has 0 radical (unpaired) electrons. The first-order valence-electron chi connectivity index (χ1n) is 6.90. The van der Waals surface area contributed by atoms with Gasteiger partial charge in [-0.15, -0.1) is 0 Å². The van der Waals surface area contributed by atoms with Crippen LogP contribution in [0.25, 0.3) is 10.8 Å². The molecule has 0 aliphatic carbocycles. The summed E-state index contributed by atoms with van der Waals surface area (Å²) in [5.41, 5.74) is 0. The van der Waals surface area contributed by atoms with Gasteiger partial charge in [0.2, 0.25) is 0 Å². The lowest BCUT2D eigenvalue weighted by Crippen LogP contribution is -2.35. The molecule has 0 saturated heterocycles. The van der Waals surface area contributed by atoms with Crippen molar-refractivity contribution in [1.82, 2.24) is 5.32 Å². The number of rotatable bonds is 6. The zero-order valence-electron chi connectivity index (χ0n) is 12.1. The number of ether oxygens (including phenoxy) is 1. The van der Waals surface area contributed by atoms with E-state index >= 15 is 0 Å². The number of halogens is 2. The standard InChI is InChI=1S/C16H19Cl2NO2/c1-10(2)19-8-11(20)9-21-15-5-3-4-12-13(17)6-7-14(18)16(12)15/h3-7,10-11,19-20H,8-9H2,1-2H3/t11-/m0/s1. The average Bonchev–Trinajstić information content (AvgIpc) is 2.46. The van der Waals surface area contributed by atoms with Crippen molar-refractivity contribution in [1.29, 1.82) is 0 Å². The van der Waals surface area contributed by atoms with Gasteiger partial charge >= 0.3 is 0 Å². The predicted molar refractivity (Wildman–Crippen MR) is 88.6 cm³/mol. The van der Waals surface area contributed by atoms with Gasteiger partial charge in [0.25, 0.3) is 0 Å². The summed E-state index contributed by atoms with van der Waals surface area (Å²) < 4.78 is 5.72. The van der Waals surface area contributed by atoms with Crippen molar-refractivity contribution in [3.63, 3.8) is 0 Å². The molecule has 0 spiro atoms. The predicted octanol–water partition coefficient (Wildman–Crippen LogP) is 3.88. The Hall–Kier alpha value is -1.00. The summed E-state index contributed by atoms with van der Waals surface area (Å²) in [5, 5.41) is 15.9. The molecule has 0 aliphatic heterocycles. The quantitative estimate of drug-likeness (QED) is 0.845. The summed E-state index contributed by atoms with van der Waals surface area (Å²) in [6.07, 6.45) is -0.583. The van der Waals surface area contributed by atoms with Gasteiger partial charge in [0, 0.05) is 28.4 Å². The topological polar surface area (TPSA) is 41.5 Å². The maximum absolute atomic E-state index is 9.91. The molecular formula is C16H19Cl2NO2. The van der Waals surface area contributed by atoms with Gasteiger partial charge in [-0.3, -0.25) is 0 Å². The minimum Gasteiger partial charge on any atom is -0.490 e. The molecule has 5 heteroatoms. The van der Waals surface area contributed by atoms with Gasteiger partial charge in [-0.05, 0) is 18.2 Å². The van der Waals surface area contributed by atoms with Crippen LogP contribution in [0.2, 0.25) is 10.0 Å². The fourth-order valence-electron chi connectivity index (χ4n) is 2.03. The third kappa shape index (κ3) is 4.24. The van der Waals surface area contributed by atoms with E-state index in [1.54, 1.807) is 12.1 Å². The fourth-order valence-corrected chi connectivity index (χ4v) is 2.51. The summed E-state index contributed by atoms with van der Waals surface area (Å²) >= 11 is 12.4. The Morgan fingerprint density at radius 2 is 1.86 bits per heavy atom. The summed E-state index contributed by atoms with van der Waals surface area (Å²) in [4.78, 5) is 0. The average molecular weight is 328 g/mol. The van der Waals surface area contributed by atoms with Gasteiger partial charge in [-0.1, -0.05) is 49.2 Å². The number of aliphatic hydroxyl groups is 1. The van der Waals surface area contributed by atoms with Gasteiger partial charge < -0.3 is 15.2 Å². The SMILES string of the molecule is CC(C)NC[C@H](O)COc1cccc2c(Cl)ccc(Cl)c12. The highest BCUT2D eigenvalue weighted by Crippen LogP contribution is 2.36. The number of benzene rings is 2. The van der Waals surface area contributed by atoms with Gasteiger partial charge in [0.05, 0.1) is 5.02 Å². The van der Waals surface area contributed by atoms with Crippen LogP contribution in [0.3, 0.4) is 0 Å². The molecule has 0 aromatic heterocycles. The maximum atomic E-state index is 9.91. The van der Waals surface area contributed by atoms with E-state index < -0.39 is 6.10 Å². The molecule has 114 valence electrons. The second-order valence-electron chi connectivity index (χ2n) is 5.24. The molecule has 21 heavy (non-hydrogen) atoms. The van der Waals surface area contributed by atoms with Gasteiger partial charge in [0.1, 0.15) is 18.5 Å². The van der Waals surface area contributed by atoms with Crippen LogP contribution in [0.1, 0.15) is 13.8 Å². The van der Waals surface area contributed by atoms with Crippen molar-refractivity contribution in [3.05, 3.63) is 40.4 Å². The van der Waals surface area contributed by atoms with Crippen LogP contribution in [-0.4, -0.2) is 30.4 Å². The van der Waals surface area contributed by atoms with Gasteiger partial charge in [0.15, 0.2) is 0 Å². The lowest BCUT2D eigenvalue weighted by atomic mass is 10.1. The zero-order chi connectivity index (χ0) is 15.4. The monoisotopic (exact) mass is 327 g/mol. The molecule has 2 rings (SSSR count). The Morgan fingerprint density at radius 1 is 1.14 bits per heavy atom. The van der Waals surface area contributed by atoms with Crippen LogP contribution in [0.4, 0.5) is 0 Å². The van der Waals surface area contributed by atoms with E-state index in [4.69, 9.17) is 27.9 Å². The normalized spacial score (nSPS) is 12.9. The first-order chi connectivity index (χ1) is 9.99. The molecule has 0 bridgehead atoms. The minimum atomic E-state index is -0.583. The van der Waals surface area contributed by atoms with Crippen molar-refractivity contribution in [3.8, 4) is 5.75 Å². The molecule has 0 aliphatic rings. The first-order valence-corrected chi connectivity index (χ1v) is 7.65. The Balaban J connectivity index is 2.14. The third-order valence-corrected chi connectivity index (χ3v) is 3.74. The molecule has 2 aromatic carbocycles.